The van der Waals surface area contributed by atoms with Gasteiger partial charge in [0.15, 0.2) is 0 Å². The number of nitriles is 5. The quantitative estimate of drug-likeness (QED) is 0.171. The molecule has 0 spiro atoms. The second-order valence-electron chi connectivity index (χ2n) is 14.4. The van der Waals surface area contributed by atoms with Crippen LogP contribution in [0, 0.1) is 56.7 Å². The highest BCUT2D eigenvalue weighted by Crippen LogP contribution is 2.43. The molecule has 0 radical (unpaired) electrons. The zero-order valence-electron chi connectivity index (χ0n) is 31.6. The Morgan fingerprint density at radius 3 is 1.32 bits per heavy atom. The van der Waals surface area contributed by atoms with Gasteiger partial charge in [-0.3, -0.25) is 4.98 Å². The van der Waals surface area contributed by atoms with Gasteiger partial charge >= 0.3 is 0 Å². The molecule has 0 fully saturated rings. The van der Waals surface area contributed by atoms with Crippen molar-refractivity contribution in [2.45, 2.75) is 0 Å². The third kappa shape index (κ3) is 5.45. The van der Waals surface area contributed by atoms with Crippen LogP contribution >= 0.6 is 0 Å². The largest absolute Gasteiger partial charge is 0.307 e. The summed E-state index contributed by atoms with van der Waals surface area (Å²) >= 11 is 0. The molecule has 7 aromatic carbocycles. The van der Waals surface area contributed by atoms with Gasteiger partial charge in [0.2, 0.25) is 0 Å². The van der Waals surface area contributed by atoms with E-state index in [9.17, 15) is 26.3 Å². The minimum absolute atomic E-state index is 0.405. The van der Waals surface area contributed by atoms with Crippen LogP contribution in [0.5, 0.6) is 0 Å². The molecule has 0 amide bonds. The fourth-order valence-corrected chi connectivity index (χ4v) is 8.53. The molecule has 10 rings (SSSR count). The number of hydrogen-bond acceptors (Lipinski definition) is 6. The molecule has 3 aromatic heterocycles. The first-order chi connectivity index (χ1) is 29.5. The van der Waals surface area contributed by atoms with E-state index >= 15 is 0 Å². The number of pyridine rings is 1. The molecule has 0 aliphatic carbocycles. The fourth-order valence-electron chi connectivity index (χ4n) is 8.53. The molecule has 274 valence electrons. The van der Waals surface area contributed by atoms with Crippen molar-refractivity contribution in [1.29, 1.82) is 26.3 Å². The second kappa shape index (κ2) is 14.0. The highest BCUT2D eigenvalue weighted by molar-refractivity contribution is 6.13. The summed E-state index contributed by atoms with van der Waals surface area (Å²) in [4.78, 5) is 4.95. The van der Waals surface area contributed by atoms with Crippen LogP contribution in [0.1, 0.15) is 27.8 Å². The van der Waals surface area contributed by atoms with Crippen LogP contribution in [0.25, 0.3) is 88.4 Å². The van der Waals surface area contributed by atoms with Crippen LogP contribution in [-0.4, -0.2) is 14.1 Å². The van der Waals surface area contributed by atoms with Crippen molar-refractivity contribution >= 4 is 43.6 Å². The van der Waals surface area contributed by atoms with Gasteiger partial charge in [-0.2, -0.15) is 26.3 Å². The normalized spacial score (nSPS) is 10.9. The Morgan fingerprint density at radius 1 is 0.367 bits per heavy atom. The number of aromatic nitrogens is 3. The van der Waals surface area contributed by atoms with Crippen LogP contribution in [0.15, 0.2) is 158 Å². The van der Waals surface area contributed by atoms with Gasteiger partial charge in [0.25, 0.3) is 0 Å². The topological polar surface area (TPSA) is 142 Å². The van der Waals surface area contributed by atoms with Gasteiger partial charge in [-0.25, -0.2) is 0 Å². The van der Waals surface area contributed by atoms with E-state index in [1.807, 2.05) is 79.1 Å². The first kappa shape index (κ1) is 35.2. The lowest BCUT2D eigenvalue weighted by Gasteiger charge is -2.20. The van der Waals surface area contributed by atoms with Crippen LogP contribution in [0.3, 0.4) is 0 Å². The van der Waals surface area contributed by atoms with E-state index in [4.69, 9.17) is 4.98 Å². The zero-order valence-corrected chi connectivity index (χ0v) is 31.6. The minimum Gasteiger partial charge on any atom is -0.307 e. The van der Waals surface area contributed by atoms with E-state index in [0.717, 1.165) is 77.2 Å². The molecule has 3 heterocycles. The number of benzene rings is 7. The van der Waals surface area contributed by atoms with Crippen LogP contribution in [-0.2, 0) is 0 Å². The first-order valence-electron chi connectivity index (χ1n) is 19.0. The molecule has 10 aromatic rings. The van der Waals surface area contributed by atoms with E-state index in [1.165, 1.54) is 0 Å². The molecule has 0 aliphatic heterocycles. The monoisotopic (exact) mass is 762 g/mol. The van der Waals surface area contributed by atoms with Crippen molar-refractivity contribution in [2.24, 2.45) is 0 Å². The Hall–Kier alpha value is -9.26. The van der Waals surface area contributed by atoms with Gasteiger partial charge in [-0.15, -0.1) is 0 Å². The maximum absolute atomic E-state index is 10.2. The first-order valence-corrected chi connectivity index (χ1v) is 19.0. The van der Waals surface area contributed by atoms with Crippen molar-refractivity contribution in [3.05, 3.63) is 186 Å². The second-order valence-corrected chi connectivity index (χ2v) is 14.4. The molecular formula is C52H26N8. The molecule has 0 N–H and O–H groups in total. The number of nitrogens with zero attached hydrogens (tertiary/aromatic N) is 8. The fraction of sp³-hybridized carbons (Fsp3) is 0. The van der Waals surface area contributed by atoms with E-state index in [-0.39, 0.29) is 0 Å². The van der Waals surface area contributed by atoms with Gasteiger partial charge in [-0.05, 0) is 88.5 Å². The molecule has 8 heteroatoms. The van der Waals surface area contributed by atoms with E-state index in [2.05, 4.69) is 88.0 Å². The van der Waals surface area contributed by atoms with Crippen molar-refractivity contribution in [2.75, 3.05) is 0 Å². The lowest BCUT2D eigenvalue weighted by Crippen LogP contribution is -2.05. The predicted octanol–water partition coefficient (Wildman–Crippen LogP) is 11.6. The summed E-state index contributed by atoms with van der Waals surface area (Å²) in [6.45, 7) is 0. The predicted molar refractivity (Wildman–Crippen MR) is 233 cm³/mol. The molecule has 0 aliphatic rings. The molecule has 0 saturated heterocycles. The Balaban J connectivity index is 1.32. The summed E-state index contributed by atoms with van der Waals surface area (Å²) in [5.41, 5.74) is 12.0. The van der Waals surface area contributed by atoms with E-state index in [0.29, 0.717) is 38.9 Å². The van der Waals surface area contributed by atoms with Gasteiger partial charge < -0.3 is 9.13 Å². The number of fused-ring (bicyclic) bond motifs is 6. The maximum Gasteiger partial charge on any atom is 0.0998 e. The molecule has 0 unspecified atom stereocenters. The minimum atomic E-state index is 0.405. The zero-order chi connectivity index (χ0) is 40.9. The average Bonchev–Trinajstić information content (AvgIpc) is 3.82. The lowest BCUT2D eigenvalue weighted by molar-refractivity contribution is 1.09. The summed E-state index contributed by atoms with van der Waals surface area (Å²) in [5.74, 6) is 0. The Kier molecular flexibility index (Phi) is 8.23. The Morgan fingerprint density at radius 2 is 0.833 bits per heavy atom. The molecule has 0 atom stereocenters. The van der Waals surface area contributed by atoms with Gasteiger partial charge in [0.1, 0.15) is 0 Å². The number of para-hydroxylation sites is 2. The van der Waals surface area contributed by atoms with Crippen molar-refractivity contribution in [3.63, 3.8) is 0 Å². The third-order valence-corrected chi connectivity index (χ3v) is 11.2. The molecule has 0 bridgehead atoms. The summed E-state index contributed by atoms with van der Waals surface area (Å²) in [5, 5.41) is 53.6. The summed E-state index contributed by atoms with van der Waals surface area (Å²) in [7, 11) is 0. The highest BCUT2D eigenvalue weighted by Gasteiger charge is 2.23. The number of hydrogen-bond donors (Lipinski definition) is 0. The standard InChI is InChI=1S/C52H26N8/c53-25-32-6-5-7-37(20-32)52-50(59-46-10-3-1-8-42(46)44-18-14-35(23-48(44)59)40-16-12-33(26-54)21-38(40)28-56)30-58-31-51(52)60-47-11-4-2-9-43(47)45-19-15-36(24-49(45)60)41-17-13-34(27-55)22-39(41)29-57/h1-24,30-31H. The summed E-state index contributed by atoms with van der Waals surface area (Å²) in [6, 6.07) is 57.8. The van der Waals surface area contributed by atoms with Crippen molar-refractivity contribution < 1.29 is 0 Å². The molecule has 60 heavy (non-hydrogen) atoms. The molecular weight excluding hydrogens is 737 g/mol. The lowest BCUT2D eigenvalue weighted by atomic mass is 9.97. The van der Waals surface area contributed by atoms with Crippen LogP contribution in [0.2, 0.25) is 0 Å². The summed E-state index contributed by atoms with van der Waals surface area (Å²) < 4.78 is 4.40. The SMILES string of the molecule is N#Cc1cccc(-c2c(-n3c4ccccc4c4ccc(-c5ccc(C#N)cc5C#N)cc43)cncc2-n2c3ccccc3c3ccc(-c4ccc(C#N)cc4C#N)cc32)c1. The van der Waals surface area contributed by atoms with E-state index in [1.54, 1.807) is 30.3 Å². The van der Waals surface area contributed by atoms with Gasteiger partial charge in [0.05, 0.1) is 104 Å². The Labute approximate surface area is 343 Å². The molecule has 8 nitrogen and oxygen atoms in total. The van der Waals surface area contributed by atoms with Crippen molar-refractivity contribution in [3.8, 4) is 75.1 Å². The smallest absolute Gasteiger partial charge is 0.0998 e. The number of rotatable bonds is 5. The van der Waals surface area contributed by atoms with Gasteiger partial charge in [0, 0.05) is 27.1 Å². The van der Waals surface area contributed by atoms with Crippen LogP contribution < -0.4 is 0 Å². The molecule has 0 saturated carbocycles. The average molecular weight is 763 g/mol. The highest BCUT2D eigenvalue weighted by atomic mass is 15.0. The maximum atomic E-state index is 10.2. The van der Waals surface area contributed by atoms with Gasteiger partial charge in [-0.1, -0.05) is 84.9 Å². The Bertz CT molecular complexity index is 3470. The van der Waals surface area contributed by atoms with E-state index < -0.39 is 0 Å². The summed E-state index contributed by atoms with van der Waals surface area (Å²) in [6.07, 6.45) is 3.71. The third-order valence-electron chi connectivity index (χ3n) is 11.2. The van der Waals surface area contributed by atoms with Crippen LogP contribution in [0.4, 0.5) is 0 Å². The van der Waals surface area contributed by atoms with Crippen molar-refractivity contribution in [1.82, 2.24) is 14.1 Å².